The molecule has 6 rings (SSSR count). The Morgan fingerprint density at radius 3 is 2.43 bits per heavy atom. The molecule has 1 heterocycles. The van der Waals surface area contributed by atoms with Crippen LogP contribution in [-0.4, -0.2) is 24.0 Å². The van der Waals surface area contributed by atoms with Gasteiger partial charge < -0.3 is 9.26 Å². The maximum Gasteiger partial charge on any atom is 0.311 e. The zero-order valence-electron chi connectivity index (χ0n) is 24.1. The van der Waals surface area contributed by atoms with E-state index >= 15 is 0 Å². The molecule has 0 saturated heterocycles. The molecule has 0 radical (unpaired) electrons. The Hall–Kier alpha value is -1.91. The normalized spacial score (nSPS) is 47.9. The number of allylic oxidation sites excluding steroid dienone is 2. The van der Waals surface area contributed by atoms with Gasteiger partial charge in [0.25, 0.3) is 0 Å². The van der Waals surface area contributed by atoms with Crippen molar-refractivity contribution in [3.63, 3.8) is 0 Å². The molecule has 0 amide bonds. The van der Waals surface area contributed by atoms with Gasteiger partial charge in [-0.2, -0.15) is 0 Å². The quantitative estimate of drug-likeness (QED) is 0.389. The smallest absolute Gasteiger partial charge is 0.311 e. The van der Waals surface area contributed by atoms with E-state index in [4.69, 9.17) is 9.26 Å². The summed E-state index contributed by atoms with van der Waals surface area (Å²) in [6.45, 7) is 16.4. The largest absolute Gasteiger partial charge is 0.469 e. The number of fused-ring (bicyclic) bond motifs is 8. The summed E-state index contributed by atoms with van der Waals surface area (Å²) in [5.74, 6) is 1.80. The van der Waals surface area contributed by atoms with E-state index in [-0.39, 0.29) is 44.9 Å². The summed E-state index contributed by atoms with van der Waals surface area (Å²) < 4.78 is 11.1. The van der Waals surface area contributed by atoms with Crippen molar-refractivity contribution in [2.24, 2.45) is 44.8 Å². The van der Waals surface area contributed by atoms with Gasteiger partial charge in [0, 0.05) is 16.9 Å². The fourth-order valence-corrected chi connectivity index (χ4v) is 10.9. The lowest BCUT2D eigenvalue weighted by Crippen LogP contribution is -2.66. The Bertz CT molecular complexity index is 1210. The minimum Gasteiger partial charge on any atom is -0.469 e. The van der Waals surface area contributed by atoms with Gasteiger partial charge in [0.1, 0.15) is 5.76 Å². The van der Waals surface area contributed by atoms with Crippen molar-refractivity contribution in [1.82, 2.24) is 5.16 Å². The van der Waals surface area contributed by atoms with Crippen molar-refractivity contribution >= 4 is 11.8 Å². The monoisotopic (exact) mass is 507 g/mol. The zero-order valence-corrected chi connectivity index (χ0v) is 24.1. The topological polar surface area (TPSA) is 69.4 Å². The zero-order chi connectivity index (χ0) is 26.8. The number of methoxy groups -OCH3 is 1. The Kier molecular flexibility index (Phi) is 5.06. The first kappa shape index (κ1) is 25.4. The number of aromatic nitrogens is 1. The molecule has 0 unspecified atom stereocenters. The SMILES string of the molecule is COC(=O)[C@@]1(C)CC[C@]2(C)CC[C@]3(C)C(=CC(=O)[C@H]4[C@@]5(C)Cc6cnoc6C(C)(C)[C@@H]5CC[C@]43C)[C@H]2C1. The van der Waals surface area contributed by atoms with Crippen LogP contribution in [-0.2, 0) is 26.2 Å². The summed E-state index contributed by atoms with van der Waals surface area (Å²) in [5, 5.41) is 4.19. The third-order valence-corrected chi connectivity index (χ3v) is 13.2. The van der Waals surface area contributed by atoms with Gasteiger partial charge in [0.2, 0.25) is 0 Å². The van der Waals surface area contributed by atoms with E-state index in [1.165, 1.54) is 18.2 Å². The van der Waals surface area contributed by atoms with Gasteiger partial charge in [-0.05, 0) is 97.9 Å². The van der Waals surface area contributed by atoms with Crippen LogP contribution in [0.3, 0.4) is 0 Å². The molecule has 0 aliphatic heterocycles. The van der Waals surface area contributed by atoms with E-state index in [0.29, 0.717) is 11.7 Å². The first-order valence-electron chi connectivity index (χ1n) is 14.4. The number of rotatable bonds is 1. The molecule has 0 bridgehead atoms. The Morgan fingerprint density at radius 2 is 1.73 bits per heavy atom. The van der Waals surface area contributed by atoms with Gasteiger partial charge in [-0.15, -0.1) is 0 Å². The van der Waals surface area contributed by atoms with Crippen LogP contribution in [0, 0.1) is 44.8 Å². The fourth-order valence-electron chi connectivity index (χ4n) is 10.9. The van der Waals surface area contributed by atoms with Gasteiger partial charge in [0.05, 0.1) is 18.7 Å². The maximum atomic E-state index is 14.5. The van der Waals surface area contributed by atoms with E-state index in [0.717, 1.165) is 57.1 Å². The molecule has 5 aliphatic rings. The van der Waals surface area contributed by atoms with Crippen molar-refractivity contribution in [3.8, 4) is 0 Å². The highest BCUT2D eigenvalue weighted by Crippen LogP contribution is 2.74. The fraction of sp³-hybridized carbons (Fsp3) is 0.781. The molecule has 5 aliphatic carbocycles. The second kappa shape index (κ2) is 7.39. The van der Waals surface area contributed by atoms with Crippen LogP contribution in [0.4, 0.5) is 0 Å². The number of carbonyl (C=O) groups excluding carboxylic acids is 2. The van der Waals surface area contributed by atoms with Gasteiger partial charge in [0.15, 0.2) is 5.78 Å². The van der Waals surface area contributed by atoms with Crippen LogP contribution in [0.25, 0.3) is 0 Å². The molecule has 5 heteroatoms. The molecular weight excluding hydrogens is 462 g/mol. The molecule has 3 saturated carbocycles. The minimum absolute atomic E-state index is 0.0326. The second-order valence-electron chi connectivity index (χ2n) is 15.3. The van der Waals surface area contributed by atoms with Crippen molar-refractivity contribution in [2.45, 2.75) is 105 Å². The lowest BCUT2D eigenvalue weighted by atomic mass is 9.33. The van der Waals surface area contributed by atoms with Gasteiger partial charge in [-0.1, -0.05) is 52.3 Å². The maximum absolute atomic E-state index is 14.5. The summed E-state index contributed by atoms with van der Waals surface area (Å²) in [5.41, 5.74) is 1.68. The molecule has 3 fully saturated rings. The van der Waals surface area contributed by atoms with Crippen molar-refractivity contribution in [3.05, 3.63) is 29.2 Å². The molecule has 202 valence electrons. The summed E-state index contributed by atoms with van der Waals surface area (Å²) in [4.78, 5) is 27.4. The van der Waals surface area contributed by atoms with E-state index in [1.54, 1.807) is 0 Å². The lowest BCUT2D eigenvalue weighted by molar-refractivity contribution is -0.175. The standard InChI is InChI=1S/C32H45NO4/c1-27(2)23-9-10-32(7)24(30(23,5)16-19-18-33-37-25(19)27)22(34)15-20-21-17-29(4,26(35)36-8)12-11-28(21,3)13-14-31(20,32)6/h15,18,21,23-24H,9-14,16-17H2,1-8H3/t21-,23+,24+,28-,29+,30+,31-,32-/m1/s1. The minimum atomic E-state index is -0.486. The Morgan fingerprint density at radius 1 is 1.03 bits per heavy atom. The molecule has 0 aromatic carbocycles. The molecule has 0 spiro atoms. The Balaban J connectivity index is 1.47. The van der Waals surface area contributed by atoms with E-state index in [9.17, 15) is 9.59 Å². The summed E-state index contributed by atoms with van der Waals surface area (Å²) in [6, 6.07) is 0. The van der Waals surface area contributed by atoms with Gasteiger partial charge in [-0.3, -0.25) is 9.59 Å². The predicted octanol–water partition coefficient (Wildman–Crippen LogP) is 6.84. The van der Waals surface area contributed by atoms with Crippen molar-refractivity contribution < 1.29 is 18.8 Å². The highest BCUT2D eigenvalue weighted by Gasteiger charge is 2.70. The summed E-state index contributed by atoms with van der Waals surface area (Å²) >= 11 is 0. The predicted molar refractivity (Wildman–Crippen MR) is 142 cm³/mol. The first-order chi connectivity index (χ1) is 17.2. The second-order valence-corrected chi connectivity index (χ2v) is 15.3. The van der Waals surface area contributed by atoms with Gasteiger partial charge in [-0.25, -0.2) is 0 Å². The molecular formula is C32H45NO4. The average Bonchev–Trinajstić information content (AvgIpc) is 3.29. The number of ether oxygens (including phenoxy) is 1. The first-order valence-corrected chi connectivity index (χ1v) is 14.4. The van der Waals surface area contributed by atoms with Crippen molar-refractivity contribution in [2.75, 3.05) is 7.11 Å². The molecule has 8 atom stereocenters. The van der Waals surface area contributed by atoms with E-state index < -0.39 is 5.41 Å². The number of nitrogens with zero attached hydrogens (tertiary/aromatic N) is 1. The average molecular weight is 508 g/mol. The third-order valence-electron chi connectivity index (χ3n) is 13.2. The third kappa shape index (κ3) is 2.95. The summed E-state index contributed by atoms with van der Waals surface area (Å²) in [7, 11) is 1.51. The highest BCUT2D eigenvalue weighted by molar-refractivity contribution is 5.96. The lowest BCUT2D eigenvalue weighted by Gasteiger charge is -2.69. The number of ketones is 1. The number of esters is 1. The van der Waals surface area contributed by atoms with Crippen LogP contribution in [0.2, 0.25) is 0 Å². The number of hydrogen-bond acceptors (Lipinski definition) is 5. The van der Waals surface area contributed by atoms with Crippen LogP contribution < -0.4 is 0 Å². The van der Waals surface area contributed by atoms with Gasteiger partial charge >= 0.3 is 5.97 Å². The van der Waals surface area contributed by atoms with Crippen LogP contribution in [0.5, 0.6) is 0 Å². The molecule has 5 nitrogen and oxygen atoms in total. The number of carbonyl (C=O) groups is 2. The summed E-state index contributed by atoms with van der Waals surface area (Å²) in [6.07, 6.45) is 11.9. The van der Waals surface area contributed by atoms with E-state index in [1.807, 2.05) is 6.20 Å². The molecule has 37 heavy (non-hydrogen) atoms. The van der Waals surface area contributed by atoms with E-state index in [2.05, 4.69) is 59.7 Å². The molecule has 1 aromatic rings. The van der Waals surface area contributed by atoms with Crippen LogP contribution in [0.15, 0.2) is 22.4 Å². The molecule has 0 N–H and O–H groups in total. The van der Waals surface area contributed by atoms with Crippen LogP contribution >= 0.6 is 0 Å². The highest BCUT2D eigenvalue weighted by atomic mass is 16.5. The number of hydrogen-bond donors (Lipinski definition) is 0. The molecule has 1 aromatic heterocycles. The Labute approximate surface area is 222 Å². The van der Waals surface area contributed by atoms with Crippen molar-refractivity contribution in [1.29, 1.82) is 0 Å². The van der Waals surface area contributed by atoms with Crippen LogP contribution in [0.1, 0.15) is 105 Å².